The molecule has 0 aromatic heterocycles. The summed E-state index contributed by atoms with van der Waals surface area (Å²) < 4.78 is 0. The molecule has 0 heterocycles. The maximum absolute atomic E-state index is 2.52. The third kappa shape index (κ3) is 10.1. The van der Waals surface area contributed by atoms with E-state index in [4.69, 9.17) is 0 Å². The van der Waals surface area contributed by atoms with Crippen LogP contribution >= 0.6 is 23.8 Å². The van der Waals surface area contributed by atoms with Gasteiger partial charge in [-0.2, -0.15) is 0 Å². The van der Waals surface area contributed by atoms with Gasteiger partial charge < -0.3 is 0 Å². The second kappa shape index (κ2) is 19.8. The maximum atomic E-state index is 2.52. The molecule has 54 heavy (non-hydrogen) atoms. The summed E-state index contributed by atoms with van der Waals surface area (Å²) in [6.45, 7) is 6.99. The van der Waals surface area contributed by atoms with Crippen LogP contribution in [0.2, 0.25) is 0 Å². The van der Waals surface area contributed by atoms with E-state index < -0.39 is 23.8 Å². The van der Waals surface area contributed by atoms with Crippen LogP contribution < -0.4 is 31.8 Å². The normalized spacial score (nSPS) is 15.7. The van der Waals surface area contributed by atoms with E-state index in [0.717, 1.165) is 0 Å². The molecule has 268 valence electrons. The Morgan fingerprint density at radius 1 is 0.333 bits per heavy atom. The number of rotatable bonds is 9. The molecule has 2 aliphatic rings. The van der Waals surface area contributed by atoms with Gasteiger partial charge >= 0.3 is 0 Å². The van der Waals surface area contributed by atoms with E-state index in [0.29, 0.717) is 0 Å². The van der Waals surface area contributed by atoms with Gasteiger partial charge in [0, 0.05) is 34.0 Å². The first-order valence-corrected chi connectivity index (χ1v) is 22.2. The van der Waals surface area contributed by atoms with Crippen molar-refractivity contribution in [1.29, 1.82) is 0 Å². The van der Waals surface area contributed by atoms with E-state index >= 15 is 0 Å². The molecule has 2 saturated carbocycles. The summed E-state index contributed by atoms with van der Waals surface area (Å²) >= 11 is 0. The number of benzene rings is 6. The molecule has 0 unspecified atom stereocenters. The Morgan fingerprint density at radius 3 is 0.815 bits per heavy atom. The van der Waals surface area contributed by atoms with Crippen LogP contribution in [0.3, 0.4) is 0 Å². The second-order valence-corrected chi connectivity index (χ2v) is 20.5. The van der Waals surface area contributed by atoms with Crippen molar-refractivity contribution in [2.45, 2.75) is 20.8 Å². The van der Waals surface area contributed by atoms with Gasteiger partial charge in [-0.15, -0.1) is 0 Å². The zero-order valence-electron chi connectivity index (χ0n) is 31.0. The Labute approximate surface area is 340 Å². The fourth-order valence-electron chi connectivity index (χ4n) is 6.55. The molecule has 0 nitrogen and oxygen atoms in total. The summed E-state index contributed by atoms with van der Waals surface area (Å²) in [6, 6.07) is 65.9. The third-order valence-electron chi connectivity index (χ3n) is 9.18. The van der Waals surface area contributed by atoms with E-state index in [-0.39, 0.29) is 22.5 Å². The summed E-state index contributed by atoms with van der Waals surface area (Å²) in [6.07, 6.45) is 13.7. The van der Waals surface area contributed by atoms with Gasteiger partial charge in [-0.25, -0.2) is 0 Å². The van der Waals surface area contributed by atoms with Crippen LogP contribution in [0.4, 0.5) is 0 Å². The number of hydrogen-bond acceptors (Lipinski definition) is 0. The van der Waals surface area contributed by atoms with Gasteiger partial charge in [0.1, 0.15) is 0 Å². The predicted octanol–water partition coefficient (Wildman–Crippen LogP) is 10.8. The van der Waals surface area contributed by atoms with E-state index in [2.05, 4.69) is 241 Å². The molecule has 0 atom stereocenters. The van der Waals surface area contributed by atoms with Crippen LogP contribution in [0.15, 0.2) is 182 Å². The summed E-state index contributed by atoms with van der Waals surface area (Å²) in [7, 11) is -1.79. The fraction of sp³-hybridized carbons (Fsp3) is 0.0800. The van der Waals surface area contributed by atoms with Crippen LogP contribution in [0, 0.1) is 66.8 Å². The molecule has 0 saturated heterocycles. The van der Waals surface area contributed by atoms with Crippen LogP contribution in [0.25, 0.3) is 0 Å². The molecule has 0 spiro atoms. The van der Waals surface area contributed by atoms with Crippen molar-refractivity contribution in [1.82, 2.24) is 0 Å². The third-order valence-corrected chi connectivity index (χ3v) is 16.8. The quantitative estimate of drug-likeness (QED) is 0.101. The SMILES string of the molecule is CC(C)(C)[C]1[CH][C](P(c2ccccc2)c2ccccc2)[C](P(c2ccccc2)c2ccccc2)[CH]1.[CH]1[CH][CH][C](P(c2ccccc2)c2ccccc2)[CH]1.[Fe]. The number of hydrogen-bond donors (Lipinski definition) is 0. The van der Waals surface area contributed by atoms with Crippen molar-refractivity contribution in [2.75, 3.05) is 0 Å². The predicted molar refractivity (Wildman–Crippen MR) is 235 cm³/mol. The standard InChI is InChI=1S/C33H31P2.C17H14P.Fe/c1-33(2,3)26-24-31(34(27-16-8-4-9-17-27)28-18-10-5-11-19-28)32(25-26)35(29-20-12-6-13-21-29)30-22-14-7-15-23-30;1-3-9-15(10-4-1)18(17-13-7-8-14-17)16-11-5-2-6-12-16;/h4-25H,1-3H3;1-14H;. The largest absolute Gasteiger partial charge is 0.0622 e. The van der Waals surface area contributed by atoms with Gasteiger partial charge in [0.05, 0.1) is 0 Å². The van der Waals surface area contributed by atoms with Crippen molar-refractivity contribution in [3.8, 4) is 0 Å². The Bertz CT molecular complexity index is 1720. The zero-order chi connectivity index (χ0) is 36.5. The monoisotopic (exact) mass is 794 g/mol. The van der Waals surface area contributed by atoms with Gasteiger partial charge in [-0.3, -0.25) is 0 Å². The van der Waals surface area contributed by atoms with Gasteiger partial charge in [-0.05, 0) is 105 Å². The molecule has 8 rings (SSSR count). The van der Waals surface area contributed by atoms with Crippen LogP contribution in [0.5, 0.6) is 0 Å². The van der Waals surface area contributed by atoms with Crippen LogP contribution in [-0.4, -0.2) is 0 Å². The van der Waals surface area contributed by atoms with Crippen molar-refractivity contribution >= 4 is 55.6 Å². The molecule has 2 aliphatic carbocycles. The molecular weight excluding hydrogens is 749 g/mol. The van der Waals surface area contributed by atoms with E-state index in [9.17, 15) is 0 Å². The summed E-state index contributed by atoms with van der Waals surface area (Å²) in [5, 5.41) is 8.41. The molecule has 0 amide bonds. The Kier molecular flexibility index (Phi) is 15.0. The van der Waals surface area contributed by atoms with Crippen molar-refractivity contribution in [3.05, 3.63) is 243 Å². The minimum atomic E-state index is -0.690. The second-order valence-electron chi connectivity index (χ2n) is 13.9. The zero-order valence-corrected chi connectivity index (χ0v) is 34.8. The maximum Gasteiger partial charge on any atom is 0.0251 e. The summed E-state index contributed by atoms with van der Waals surface area (Å²) in [5.74, 6) is 1.42. The van der Waals surface area contributed by atoms with Crippen molar-refractivity contribution < 1.29 is 17.1 Å². The van der Waals surface area contributed by atoms with Crippen molar-refractivity contribution in [3.63, 3.8) is 0 Å². The first-order chi connectivity index (χ1) is 26.0. The van der Waals surface area contributed by atoms with E-state index in [1.807, 2.05) is 0 Å². The van der Waals surface area contributed by atoms with Crippen molar-refractivity contribution in [2.24, 2.45) is 5.41 Å². The minimum Gasteiger partial charge on any atom is -0.0622 e. The van der Waals surface area contributed by atoms with Gasteiger partial charge in [0.2, 0.25) is 0 Å². The molecule has 0 bridgehead atoms. The topological polar surface area (TPSA) is 0 Å². The van der Waals surface area contributed by atoms with E-state index in [1.54, 1.807) is 0 Å². The molecule has 2 fully saturated rings. The smallest absolute Gasteiger partial charge is 0.0251 e. The fourth-order valence-corrected chi connectivity index (χ4v) is 14.2. The first kappa shape index (κ1) is 40.8. The molecule has 0 aliphatic heterocycles. The summed E-state index contributed by atoms with van der Waals surface area (Å²) in [5.41, 5.74) is 4.47. The molecular formula is C50H45FeP3. The Balaban J connectivity index is 0.000000220. The van der Waals surface area contributed by atoms with Gasteiger partial charge in [0.15, 0.2) is 0 Å². The Hall–Kier alpha value is -2.87. The molecule has 0 N–H and O–H groups in total. The average Bonchev–Trinajstić information content (AvgIpc) is 3.90. The molecule has 4 heteroatoms. The van der Waals surface area contributed by atoms with Crippen LogP contribution in [0.1, 0.15) is 20.8 Å². The molecule has 6 aromatic carbocycles. The first-order valence-electron chi connectivity index (χ1n) is 18.2. The molecule has 10 radical (unpaired) electrons. The summed E-state index contributed by atoms with van der Waals surface area (Å²) in [4.78, 5) is 0. The van der Waals surface area contributed by atoms with E-state index in [1.165, 1.54) is 54.7 Å². The minimum absolute atomic E-state index is 0. The van der Waals surface area contributed by atoms with Gasteiger partial charge in [-0.1, -0.05) is 203 Å². The van der Waals surface area contributed by atoms with Gasteiger partial charge in [0.25, 0.3) is 0 Å². The average molecular weight is 795 g/mol. The molecule has 6 aromatic rings. The Morgan fingerprint density at radius 2 is 0.574 bits per heavy atom. The van der Waals surface area contributed by atoms with Crippen LogP contribution in [-0.2, 0) is 17.1 Å².